The molecule has 0 aliphatic carbocycles. The molecule has 1 N–H and O–H groups in total. The van der Waals surface area contributed by atoms with Crippen LogP contribution in [0.4, 0.5) is 18.9 Å². The fourth-order valence-corrected chi connectivity index (χ4v) is 4.22. The number of benzene rings is 1. The van der Waals surface area contributed by atoms with E-state index in [1.165, 1.54) is 18.5 Å². The normalized spacial score (nSPS) is 12.2. The number of nitrogens with zero attached hydrogens (tertiary/aromatic N) is 3. The quantitative estimate of drug-likeness (QED) is 0.508. The highest BCUT2D eigenvalue weighted by molar-refractivity contribution is 7.92. The summed E-state index contributed by atoms with van der Waals surface area (Å²) in [5, 5.41) is -0.458. The van der Waals surface area contributed by atoms with Crippen molar-refractivity contribution in [2.75, 3.05) is 4.72 Å². The van der Waals surface area contributed by atoms with Crippen LogP contribution in [-0.2, 0) is 22.7 Å². The summed E-state index contributed by atoms with van der Waals surface area (Å²) in [4.78, 5) is 7.64. The minimum atomic E-state index is -4.81. The average molecular weight is 479 g/mol. The molecule has 0 unspecified atom stereocenters. The van der Waals surface area contributed by atoms with Gasteiger partial charge >= 0.3 is 6.18 Å². The number of aryl methyl sites for hydroxylation is 1. The molecule has 0 aliphatic heterocycles. The second-order valence-corrected chi connectivity index (χ2v) is 8.79. The van der Waals surface area contributed by atoms with E-state index in [0.717, 1.165) is 18.6 Å². The van der Waals surface area contributed by atoms with E-state index in [4.69, 9.17) is 23.2 Å². The molecule has 160 valence electrons. The van der Waals surface area contributed by atoms with Crippen LogP contribution in [0.3, 0.4) is 0 Å². The second kappa shape index (κ2) is 8.44. The third-order valence-corrected chi connectivity index (χ3v) is 5.97. The van der Waals surface area contributed by atoms with Crippen molar-refractivity contribution in [2.24, 2.45) is 0 Å². The number of imidazole rings is 1. The predicted molar refractivity (Wildman–Crippen MR) is 108 cm³/mol. The van der Waals surface area contributed by atoms with Gasteiger partial charge in [0.15, 0.2) is 0 Å². The summed E-state index contributed by atoms with van der Waals surface area (Å²) < 4.78 is 69.1. The minimum absolute atomic E-state index is 0.00358. The van der Waals surface area contributed by atoms with Crippen molar-refractivity contribution in [3.8, 4) is 11.4 Å². The third kappa shape index (κ3) is 4.71. The molecular formula is C18H15Cl2F3N4O2S. The molecular weight excluding hydrogens is 464 g/mol. The van der Waals surface area contributed by atoms with Gasteiger partial charge in [0.2, 0.25) is 0 Å². The Labute approximate surface area is 180 Å². The Morgan fingerprint density at radius 3 is 2.57 bits per heavy atom. The number of rotatable bonds is 6. The number of aromatic nitrogens is 3. The van der Waals surface area contributed by atoms with Crippen LogP contribution in [0.5, 0.6) is 0 Å². The lowest BCUT2D eigenvalue weighted by Gasteiger charge is -2.15. The molecule has 0 saturated heterocycles. The van der Waals surface area contributed by atoms with Gasteiger partial charge < -0.3 is 4.57 Å². The number of sulfonamides is 1. The van der Waals surface area contributed by atoms with Gasteiger partial charge in [0.05, 0.1) is 44.4 Å². The fourth-order valence-electron chi connectivity index (χ4n) is 2.75. The molecule has 2 heterocycles. The van der Waals surface area contributed by atoms with Gasteiger partial charge in [-0.15, -0.1) is 0 Å². The minimum Gasteiger partial charge on any atom is -0.329 e. The summed E-state index contributed by atoms with van der Waals surface area (Å²) >= 11 is 11.6. The average Bonchev–Trinajstić information content (AvgIpc) is 3.09. The van der Waals surface area contributed by atoms with E-state index in [1.807, 2.05) is 6.92 Å². The van der Waals surface area contributed by atoms with Gasteiger partial charge in [-0.1, -0.05) is 30.1 Å². The summed E-state index contributed by atoms with van der Waals surface area (Å²) in [6.07, 6.45) is 0.402. The number of alkyl halides is 3. The van der Waals surface area contributed by atoms with Gasteiger partial charge in [-0.2, -0.15) is 13.2 Å². The van der Waals surface area contributed by atoms with Crippen LogP contribution in [-0.4, -0.2) is 23.0 Å². The molecule has 0 spiro atoms. The Morgan fingerprint density at radius 2 is 1.90 bits per heavy atom. The topological polar surface area (TPSA) is 76.9 Å². The van der Waals surface area contributed by atoms with Crippen LogP contribution in [0.1, 0.15) is 18.9 Å². The van der Waals surface area contributed by atoms with Crippen LogP contribution >= 0.6 is 23.2 Å². The van der Waals surface area contributed by atoms with E-state index in [-0.39, 0.29) is 16.4 Å². The zero-order chi connectivity index (χ0) is 22.1. The number of anilines is 1. The summed E-state index contributed by atoms with van der Waals surface area (Å²) in [6, 6.07) is 3.67. The Kier molecular flexibility index (Phi) is 6.30. The first-order valence-electron chi connectivity index (χ1n) is 8.58. The molecule has 1 aromatic carbocycles. The van der Waals surface area contributed by atoms with Crippen molar-refractivity contribution in [1.82, 2.24) is 14.5 Å². The van der Waals surface area contributed by atoms with Gasteiger partial charge in [0, 0.05) is 12.7 Å². The Morgan fingerprint density at radius 1 is 1.17 bits per heavy atom. The van der Waals surface area contributed by atoms with Gasteiger partial charge in [0.1, 0.15) is 5.69 Å². The van der Waals surface area contributed by atoms with E-state index in [2.05, 4.69) is 14.7 Å². The Bertz CT molecular complexity index is 1180. The molecule has 0 radical (unpaired) electrons. The molecule has 3 aromatic rings. The monoisotopic (exact) mass is 478 g/mol. The molecule has 30 heavy (non-hydrogen) atoms. The molecule has 0 aliphatic rings. The van der Waals surface area contributed by atoms with Crippen molar-refractivity contribution >= 4 is 38.9 Å². The molecule has 3 rings (SSSR count). The summed E-state index contributed by atoms with van der Waals surface area (Å²) in [6.45, 7) is 2.57. The number of halogens is 5. The van der Waals surface area contributed by atoms with E-state index in [0.29, 0.717) is 18.3 Å². The number of nitrogens with one attached hydrogen (secondary N) is 1. The number of hydrogen-bond donors (Lipinski definition) is 1. The lowest BCUT2D eigenvalue weighted by Crippen LogP contribution is -2.16. The van der Waals surface area contributed by atoms with Crippen molar-refractivity contribution in [2.45, 2.75) is 31.0 Å². The fraction of sp³-hybridized carbons (Fsp3) is 0.222. The highest BCUT2D eigenvalue weighted by atomic mass is 35.5. The largest absolute Gasteiger partial charge is 0.417 e. The zero-order valence-corrected chi connectivity index (χ0v) is 17.7. The maximum Gasteiger partial charge on any atom is 0.417 e. The molecule has 0 amide bonds. The summed E-state index contributed by atoms with van der Waals surface area (Å²) in [5.74, 6) is 0. The van der Waals surface area contributed by atoms with Crippen LogP contribution in [0.25, 0.3) is 11.4 Å². The maximum absolute atomic E-state index is 13.1. The van der Waals surface area contributed by atoms with Gasteiger partial charge in [-0.05, 0) is 30.7 Å². The molecule has 6 nitrogen and oxygen atoms in total. The van der Waals surface area contributed by atoms with E-state index in [9.17, 15) is 21.6 Å². The predicted octanol–water partition coefficient (Wildman–Crippen LogP) is 5.48. The van der Waals surface area contributed by atoms with Crippen LogP contribution in [0.15, 0.2) is 47.9 Å². The first kappa shape index (κ1) is 22.4. The number of hydrogen-bond acceptors (Lipinski definition) is 4. The van der Waals surface area contributed by atoms with Crippen molar-refractivity contribution in [3.63, 3.8) is 0 Å². The lowest BCUT2D eigenvalue weighted by atomic mass is 10.2. The van der Waals surface area contributed by atoms with Crippen LogP contribution in [0, 0.1) is 0 Å². The molecule has 0 atom stereocenters. The second-order valence-electron chi connectivity index (χ2n) is 6.27. The van der Waals surface area contributed by atoms with Gasteiger partial charge in [-0.25, -0.2) is 13.4 Å². The van der Waals surface area contributed by atoms with Crippen molar-refractivity contribution in [1.29, 1.82) is 0 Å². The Balaban J connectivity index is 2.06. The Hall–Kier alpha value is -2.30. The highest BCUT2D eigenvalue weighted by Gasteiger charge is 2.34. The smallest absolute Gasteiger partial charge is 0.329 e. The first-order chi connectivity index (χ1) is 14.0. The van der Waals surface area contributed by atoms with E-state index in [1.54, 1.807) is 10.9 Å². The third-order valence-electron chi connectivity index (χ3n) is 4.07. The van der Waals surface area contributed by atoms with Crippen LogP contribution < -0.4 is 4.72 Å². The van der Waals surface area contributed by atoms with Crippen molar-refractivity contribution in [3.05, 3.63) is 58.6 Å². The summed E-state index contributed by atoms with van der Waals surface area (Å²) in [7, 11) is -4.41. The SMILES string of the molecule is CCCn1cncc1-c1ncc(Cl)cc1NS(=O)(=O)c1ccc(Cl)c(C(F)(F)F)c1. The summed E-state index contributed by atoms with van der Waals surface area (Å²) in [5.41, 5.74) is -0.487. The van der Waals surface area contributed by atoms with E-state index < -0.39 is 31.7 Å². The molecule has 0 saturated carbocycles. The van der Waals surface area contributed by atoms with Crippen LogP contribution in [0.2, 0.25) is 10.0 Å². The zero-order valence-electron chi connectivity index (χ0n) is 15.4. The number of pyridine rings is 1. The molecule has 2 aromatic heterocycles. The molecule has 0 bridgehead atoms. The maximum atomic E-state index is 13.1. The lowest BCUT2D eigenvalue weighted by molar-refractivity contribution is -0.137. The molecule has 0 fully saturated rings. The van der Waals surface area contributed by atoms with E-state index >= 15 is 0 Å². The van der Waals surface area contributed by atoms with Crippen molar-refractivity contribution < 1.29 is 21.6 Å². The first-order valence-corrected chi connectivity index (χ1v) is 10.8. The van der Waals surface area contributed by atoms with Gasteiger partial charge in [-0.3, -0.25) is 9.71 Å². The standard InChI is InChI=1S/C18H15Cl2F3N4O2S/c1-2-5-27-10-24-9-16(27)17-15(6-11(19)8-25-17)26-30(28,29)12-3-4-14(20)13(7-12)18(21,22)23/h3-4,6-10,26H,2,5H2,1H3. The molecule has 12 heteroatoms. The highest BCUT2D eigenvalue weighted by Crippen LogP contribution is 2.37. The van der Waals surface area contributed by atoms with Gasteiger partial charge in [0.25, 0.3) is 10.0 Å².